The van der Waals surface area contributed by atoms with E-state index in [1.807, 2.05) is 6.07 Å². The molecule has 5 nitrogen and oxygen atoms in total. The average Bonchev–Trinajstić information content (AvgIpc) is 2.75. The summed E-state index contributed by atoms with van der Waals surface area (Å²) in [7, 11) is 3.33. The zero-order valence-corrected chi connectivity index (χ0v) is 13.8. The second-order valence-corrected chi connectivity index (χ2v) is 5.68. The molecule has 0 aliphatic heterocycles. The van der Waals surface area contributed by atoms with Crippen molar-refractivity contribution < 1.29 is 9.47 Å². The Morgan fingerprint density at radius 1 is 1.45 bits per heavy atom. The van der Waals surface area contributed by atoms with Crippen molar-refractivity contribution in [3.8, 4) is 0 Å². The number of nitrogens with zero attached hydrogens (tertiary/aromatic N) is 3. The van der Waals surface area contributed by atoms with Gasteiger partial charge in [0.1, 0.15) is 11.3 Å². The van der Waals surface area contributed by atoms with E-state index in [-0.39, 0.29) is 6.10 Å². The van der Waals surface area contributed by atoms with Crippen molar-refractivity contribution in [1.29, 1.82) is 0 Å². The number of methoxy groups -OCH3 is 2. The molecule has 0 amide bonds. The fraction of sp³-hybridized carbons (Fsp3) is 0.538. The van der Waals surface area contributed by atoms with Crippen LogP contribution in [0.5, 0.6) is 0 Å². The quantitative estimate of drug-likeness (QED) is 0.711. The van der Waals surface area contributed by atoms with Crippen molar-refractivity contribution in [3.05, 3.63) is 22.6 Å². The van der Waals surface area contributed by atoms with Crippen LogP contribution in [0.25, 0.3) is 11.2 Å². The number of imidazole rings is 1. The van der Waals surface area contributed by atoms with Crippen molar-refractivity contribution in [1.82, 2.24) is 14.5 Å². The van der Waals surface area contributed by atoms with Crippen LogP contribution in [-0.4, -0.2) is 47.3 Å². The SMILES string of the molecule is COCC(Cn1c(CCCl)nc2cc(Br)cnc21)OC. The van der Waals surface area contributed by atoms with Crippen molar-refractivity contribution in [2.45, 2.75) is 19.1 Å². The Kier molecular flexibility index (Phi) is 5.77. The number of aryl methyl sites for hydroxylation is 1. The van der Waals surface area contributed by atoms with Gasteiger partial charge in [0, 0.05) is 37.2 Å². The second-order valence-electron chi connectivity index (χ2n) is 4.39. The number of ether oxygens (including phenoxy) is 2. The third-order valence-corrected chi connectivity index (χ3v) is 3.64. The standard InChI is InChI=1S/C13H17BrClN3O2/c1-19-8-10(20-2)7-18-12(3-4-15)17-11-5-9(14)6-16-13(11)18/h5-6,10H,3-4,7-8H2,1-2H3. The van der Waals surface area contributed by atoms with Crippen molar-refractivity contribution in [3.63, 3.8) is 0 Å². The molecule has 0 aliphatic carbocycles. The number of pyridine rings is 1. The molecule has 0 radical (unpaired) electrons. The number of halogens is 2. The number of aromatic nitrogens is 3. The maximum Gasteiger partial charge on any atom is 0.160 e. The second kappa shape index (κ2) is 7.36. The zero-order valence-electron chi connectivity index (χ0n) is 11.5. The molecule has 0 bridgehead atoms. The Bertz CT molecular complexity index is 576. The fourth-order valence-electron chi connectivity index (χ4n) is 2.09. The topological polar surface area (TPSA) is 49.2 Å². The molecule has 0 spiro atoms. The lowest BCUT2D eigenvalue weighted by molar-refractivity contribution is 0.0185. The minimum absolute atomic E-state index is 0.0445. The number of rotatable bonds is 7. The summed E-state index contributed by atoms with van der Waals surface area (Å²) in [5.74, 6) is 1.44. The Morgan fingerprint density at radius 3 is 2.90 bits per heavy atom. The highest BCUT2D eigenvalue weighted by Crippen LogP contribution is 2.20. The van der Waals surface area contributed by atoms with E-state index in [1.165, 1.54) is 0 Å². The molecule has 2 heterocycles. The highest BCUT2D eigenvalue weighted by Gasteiger charge is 2.16. The number of alkyl halides is 1. The Morgan fingerprint density at radius 2 is 2.25 bits per heavy atom. The largest absolute Gasteiger partial charge is 0.382 e. The number of hydrogen-bond donors (Lipinski definition) is 0. The summed E-state index contributed by atoms with van der Waals surface area (Å²) >= 11 is 9.27. The van der Waals surface area contributed by atoms with E-state index in [2.05, 4.69) is 30.5 Å². The molecule has 0 saturated carbocycles. The van der Waals surface area contributed by atoms with Crippen LogP contribution in [0.1, 0.15) is 5.82 Å². The van der Waals surface area contributed by atoms with Gasteiger partial charge in [-0.1, -0.05) is 0 Å². The fourth-order valence-corrected chi connectivity index (χ4v) is 2.57. The highest BCUT2D eigenvalue weighted by molar-refractivity contribution is 9.10. The van der Waals surface area contributed by atoms with Gasteiger partial charge in [-0.2, -0.15) is 0 Å². The summed E-state index contributed by atoms with van der Waals surface area (Å²) in [6.07, 6.45) is 2.42. The lowest BCUT2D eigenvalue weighted by Crippen LogP contribution is -2.25. The van der Waals surface area contributed by atoms with Gasteiger partial charge in [-0.15, -0.1) is 11.6 Å². The summed E-state index contributed by atoms with van der Waals surface area (Å²) in [6, 6.07) is 1.95. The normalized spacial score (nSPS) is 13.0. The molecule has 110 valence electrons. The summed E-state index contributed by atoms with van der Waals surface area (Å²) in [5.41, 5.74) is 1.69. The van der Waals surface area contributed by atoms with Crippen LogP contribution < -0.4 is 0 Å². The molecular weight excluding hydrogens is 346 g/mol. The van der Waals surface area contributed by atoms with Gasteiger partial charge in [0.05, 0.1) is 19.3 Å². The molecule has 20 heavy (non-hydrogen) atoms. The summed E-state index contributed by atoms with van der Waals surface area (Å²) in [5, 5.41) is 0. The average molecular weight is 363 g/mol. The molecular formula is C13H17BrClN3O2. The molecule has 2 aromatic rings. The van der Waals surface area contributed by atoms with E-state index in [4.69, 9.17) is 21.1 Å². The first kappa shape index (κ1) is 15.7. The van der Waals surface area contributed by atoms with Crippen LogP contribution in [0, 0.1) is 0 Å². The molecule has 0 aliphatic rings. The predicted molar refractivity (Wildman–Crippen MR) is 82.3 cm³/mol. The van der Waals surface area contributed by atoms with Crippen molar-refractivity contribution in [2.24, 2.45) is 0 Å². The van der Waals surface area contributed by atoms with Crippen LogP contribution in [0.2, 0.25) is 0 Å². The lowest BCUT2D eigenvalue weighted by Gasteiger charge is -2.16. The van der Waals surface area contributed by atoms with Crippen LogP contribution in [0.3, 0.4) is 0 Å². The Balaban J connectivity index is 2.39. The van der Waals surface area contributed by atoms with E-state index in [9.17, 15) is 0 Å². The van der Waals surface area contributed by atoms with E-state index in [0.717, 1.165) is 21.5 Å². The first-order valence-corrected chi connectivity index (χ1v) is 7.60. The van der Waals surface area contributed by atoms with Crippen molar-refractivity contribution in [2.75, 3.05) is 26.7 Å². The lowest BCUT2D eigenvalue weighted by atomic mass is 10.3. The molecule has 0 N–H and O–H groups in total. The van der Waals surface area contributed by atoms with Gasteiger partial charge in [-0.3, -0.25) is 0 Å². The molecule has 1 unspecified atom stereocenters. The monoisotopic (exact) mass is 361 g/mol. The van der Waals surface area contributed by atoms with Crippen LogP contribution in [-0.2, 0) is 22.4 Å². The smallest absolute Gasteiger partial charge is 0.160 e. The molecule has 0 fully saturated rings. The molecule has 0 saturated heterocycles. The van der Waals surface area contributed by atoms with Gasteiger partial charge in [0.25, 0.3) is 0 Å². The molecule has 2 rings (SSSR count). The van der Waals surface area contributed by atoms with Gasteiger partial charge in [0.15, 0.2) is 5.65 Å². The van der Waals surface area contributed by atoms with E-state index < -0.39 is 0 Å². The highest BCUT2D eigenvalue weighted by atomic mass is 79.9. The minimum Gasteiger partial charge on any atom is -0.382 e. The van der Waals surface area contributed by atoms with Crippen LogP contribution in [0.15, 0.2) is 16.7 Å². The van der Waals surface area contributed by atoms with E-state index >= 15 is 0 Å². The van der Waals surface area contributed by atoms with Gasteiger partial charge in [-0.05, 0) is 22.0 Å². The summed E-state index contributed by atoms with van der Waals surface area (Å²) in [6.45, 7) is 1.16. The minimum atomic E-state index is -0.0445. The predicted octanol–water partition coefficient (Wildman–Crippen LogP) is 2.64. The van der Waals surface area contributed by atoms with Crippen LogP contribution >= 0.6 is 27.5 Å². The summed E-state index contributed by atoms with van der Waals surface area (Å²) in [4.78, 5) is 9.05. The van der Waals surface area contributed by atoms with Crippen LogP contribution in [0.4, 0.5) is 0 Å². The Hall–Kier alpha value is -0.690. The number of hydrogen-bond acceptors (Lipinski definition) is 4. The van der Waals surface area contributed by atoms with Gasteiger partial charge in [0.2, 0.25) is 0 Å². The molecule has 1 atom stereocenters. The van der Waals surface area contributed by atoms with E-state index in [0.29, 0.717) is 25.5 Å². The van der Waals surface area contributed by atoms with Gasteiger partial charge >= 0.3 is 0 Å². The molecule has 0 aromatic carbocycles. The molecule has 7 heteroatoms. The molecule has 2 aromatic heterocycles. The van der Waals surface area contributed by atoms with Gasteiger partial charge < -0.3 is 14.0 Å². The van der Waals surface area contributed by atoms with E-state index in [1.54, 1.807) is 20.4 Å². The third kappa shape index (κ3) is 3.49. The maximum absolute atomic E-state index is 5.86. The van der Waals surface area contributed by atoms with Gasteiger partial charge in [-0.25, -0.2) is 9.97 Å². The Labute approximate surface area is 131 Å². The third-order valence-electron chi connectivity index (χ3n) is 3.02. The first-order chi connectivity index (χ1) is 9.69. The zero-order chi connectivity index (χ0) is 14.5. The first-order valence-electron chi connectivity index (χ1n) is 6.28. The summed E-state index contributed by atoms with van der Waals surface area (Å²) < 4.78 is 13.6. The maximum atomic E-state index is 5.86. The number of fused-ring (bicyclic) bond motifs is 1. The van der Waals surface area contributed by atoms with Crippen molar-refractivity contribution >= 4 is 38.7 Å².